The Hall–Kier alpha value is -6.64. The van der Waals surface area contributed by atoms with Crippen LogP contribution in [-0.4, -0.2) is 40.5 Å². The fraction of sp³-hybridized carbons (Fsp3) is 0.351. The number of nitrogens with zero attached hydrogens (tertiary/aromatic N) is 2. The minimum absolute atomic E-state index is 0.0891. The zero-order valence-corrected chi connectivity index (χ0v) is 55.5. The summed E-state index contributed by atoms with van der Waals surface area (Å²) < 4.78 is 15.8. The Bertz CT molecular complexity index is 3150. The van der Waals surface area contributed by atoms with Crippen molar-refractivity contribution in [2.24, 2.45) is 0 Å². The van der Waals surface area contributed by atoms with Gasteiger partial charge in [0.05, 0.1) is 36.0 Å². The molecule has 436 valence electrons. The van der Waals surface area contributed by atoms with E-state index < -0.39 is 0 Å². The van der Waals surface area contributed by atoms with Crippen molar-refractivity contribution in [3.05, 3.63) is 202 Å². The van der Waals surface area contributed by atoms with Gasteiger partial charge in [-0.2, -0.15) is 0 Å². The molecule has 0 spiro atoms. The van der Waals surface area contributed by atoms with Gasteiger partial charge < -0.3 is 40.1 Å². The van der Waals surface area contributed by atoms with E-state index in [9.17, 15) is 10.2 Å². The summed E-state index contributed by atoms with van der Waals surface area (Å²) in [5.74, 6) is 0.912. The molecule has 9 heteroatoms. The summed E-state index contributed by atoms with van der Waals surface area (Å²) in [6.07, 6.45) is 0. The molecule has 8 nitrogen and oxygen atoms in total. The van der Waals surface area contributed by atoms with Crippen molar-refractivity contribution in [2.75, 3.05) is 61.0 Å². The Morgan fingerprint density at radius 3 is 1.08 bits per heavy atom. The molecule has 0 atom stereocenters. The van der Waals surface area contributed by atoms with Crippen molar-refractivity contribution < 1.29 is 42.9 Å². The number of anilines is 8. The van der Waals surface area contributed by atoms with Crippen LogP contribution in [0.5, 0.6) is 11.5 Å². The summed E-state index contributed by atoms with van der Waals surface area (Å²) in [7, 11) is 3.46. The number of benzene rings is 8. The minimum atomic E-state index is -0.251. The second-order valence-electron chi connectivity index (χ2n) is 24.5. The Labute approximate surface area is 510 Å². The van der Waals surface area contributed by atoms with Crippen LogP contribution in [0.15, 0.2) is 158 Å². The van der Waals surface area contributed by atoms with Crippen molar-refractivity contribution in [1.29, 1.82) is 0 Å². The third kappa shape index (κ3) is 17.2. The van der Waals surface area contributed by atoms with Crippen molar-refractivity contribution in [2.45, 2.75) is 129 Å². The Morgan fingerprint density at radius 2 is 0.771 bits per heavy atom. The van der Waals surface area contributed by atoms with E-state index in [2.05, 4.69) is 236 Å². The van der Waals surface area contributed by atoms with Crippen LogP contribution in [0, 0.1) is 27.7 Å². The van der Waals surface area contributed by atoms with Crippen molar-refractivity contribution >= 4 is 45.5 Å². The van der Waals surface area contributed by atoms with Crippen molar-refractivity contribution in [3.63, 3.8) is 0 Å². The van der Waals surface area contributed by atoms with Gasteiger partial charge in [0.2, 0.25) is 0 Å². The fourth-order valence-electron chi connectivity index (χ4n) is 10.1. The number of rotatable bonds is 18. The molecular formula is C74H92N4O4Zr. The molecule has 0 aliphatic carbocycles. The zero-order valence-electron chi connectivity index (χ0n) is 53.0. The summed E-state index contributed by atoms with van der Waals surface area (Å²) in [4.78, 5) is 4.58. The van der Waals surface area contributed by atoms with Gasteiger partial charge in [-0.1, -0.05) is 200 Å². The summed E-state index contributed by atoms with van der Waals surface area (Å²) in [5.41, 5.74) is 19.7. The number of para-hydroxylation sites is 2. The van der Waals surface area contributed by atoms with Gasteiger partial charge in [0.15, 0.2) is 0 Å². The van der Waals surface area contributed by atoms with Gasteiger partial charge in [0.25, 0.3) is 0 Å². The molecule has 0 saturated heterocycles. The molecule has 0 fully saturated rings. The van der Waals surface area contributed by atoms with E-state index in [1.807, 2.05) is 48.5 Å². The third-order valence-corrected chi connectivity index (χ3v) is 14.7. The molecular weight excluding hydrogens is 1100 g/mol. The summed E-state index contributed by atoms with van der Waals surface area (Å²) in [5, 5.41) is 35.1. The van der Waals surface area contributed by atoms with E-state index in [1.54, 1.807) is 14.2 Å². The topological polar surface area (TPSA) is 95.1 Å². The number of aryl methyl sites for hydroxylation is 4. The average Bonchev–Trinajstić information content (AvgIpc) is 3.65. The molecule has 0 aromatic heterocycles. The quantitative estimate of drug-likeness (QED) is 0.0877. The summed E-state index contributed by atoms with van der Waals surface area (Å²) in [6, 6.07) is 54.7. The number of hydrogen-bond donors (Lipinski definition) is 2. The van der Waals surface area contributed by atoms with Crippen molar-refractivity contribution in [3.8, 4) is 33.8 Å². The van der Waals surface area contributed by atoms with Gasteiger partial charge in [-0.25, -0.2) is 0 Å². The predicted molar refractivity (Wildman–Crippen MR) is 349 cm³/mol. The Morgan fingerprint density at radius 1 is 0.434 bits per heavy atom. The van der Waals surface area contributed by atoms with Crippen LogP contribution in [-0.2, 0) is 43.5 Å². The first-order chi connectivity index (χ1) is 39.4. The molecule has 0 heterocycles. The van der Waals surface area contributed by atoms with Gasteiger partial charge >= 0.3 is 32.5 Å². The number of ether oxygens (including phenoxy) is 2. The van der Waals surface area contributed by atoms with Gasteiger partial charge in [0, 0.05) is 61.2 Å². The number of methoxy groups -OCH3 is 2. The van der Waals surface area contributed by atoms with Crippen LogP contribution < -0.4 is 30.6 Å². The first-order valence-corrected chi connectivity index (χ1v) is 34.2. The fourth-order valence-corrected chi connectivity index (χ4v) is 10.1. The monoisotopic (exact) mass is 1190 g/mol. The van der Waals surface area contributed by atoms with Gasteiger partial charge in [-0.05, 0) is 144 Å². The third-order valence-electron chi connectivity index (χ3n) is 14.7. The molecule has 0 radical (unpaired) electrons. The summed E-state index contributed by atoms with van der Waals surface area (Å²) >= 11 is 0.230. The van der Waals surface area contributed by atoms with E-state index in [0.29, 0.717) is 38.1 Å². The first kappa shape index (κ1) is 65.5. The van der Waals surface area contributed by atoms with Crippen LogP contribution >= 0.6 is 0 Å². The molecule has 8 aromatic rings. The van der Waals surface area contributed by atoms with Crippen LogP contribution in [0.2, 0.25) is 9.26 Å². The molecule has 0 unspecified atom stereocenters. The molecule has 0 amide bonds. The van der Waals surface area contributed by atoms with Crippen LogP contribution in [0.1, 0.15) is 126 Å². The number of nitrogens with one attached hydrogen (secondary N) is 2. The molecule has 8 aromatic carbocycles. The first-order valence-electron chi connectivity index (χ1n) is 29.3. The van der Waals surface area contributed by atoms with Gasteiger partial charge in [0.1, 0.15) is 0 Å². The molecule has 0 aliphatic rings. The van der Waals surface area contributed by atoms with Crippen LogP contribution in [0.4, 0.5) is 45.5 Å². The van der Waals surface area contributed by atoms with E-state index in [-0.39, 0.29) is 45.6 Å². The SMILES string of the molecule is COCCN(c1cc(C(C)C)ccc1Nc1ccc(C)cc1)c1ccccc1-c1cc(C)cc(C(C)(C)C)c1[O-].COCCN(c1cc(C(C)C)ccc1Nc1ccc(C)cc1)c1ccccc1-c1cc(C)cc(C(C)(C)C)c1[O-].[CH3][Zr+2][CH3]. The molecule has 0 aliphatic heterocycles. The van der Waals surface area contributed by atoms with E-state index in [0.717, 1.165) is 90.0 Å². The molecule has 0 bridgehead atoms. The van der Waals surface area contributed by atoms with Gasteiger partial charge in [-0.15, -0.1) is 0 Å². The van der Waals surface area contributed by atoms with Crippen LogP contribution in [0.25, 0.3) is 22.3 Å². The standard InChI is InChI=1S/2C36H44N2O2.2CH3.Zr/c2*1-24(2)27-15-18-32(37-28-16-13-25(3)14-17-28)34(23-27)38(19-20-40-8)33-12-10-9-11-29(33)30-21-26(4)22-31(35(30)39)36(5,6)7;;;/h2*9-18,21-24,37,39H,19-20H2,1-8H3;2*1H3;/q;;;;+2/p-2. The second kappa shape index (κ2) is 29.7. The predicted octanol–water partition coefficient (Wildman–Crippen LogP) is 19.2. The van der Waals surface area contributed by atoms with Gasteiger partial charge in [-0.3, -0.25) is 0 Å². The molecule has 83 heavy (non-hydrogen) atoms. The second-order valence-corrected chi connectivity index (χ2v) is 27.0. The zero-order chi connectivity index (χ0) is 60.8. The maximum atomic E-state index is 13.9. The summed E-state index contributed by atoms with van der Waals surface area (Å²) in [6.45, 7) is 32.1. The van der Waals surface area contributed by atoms with Crippen molar-refractivity contribution in [1.82, 2.24) is 0 Å². The van der Waals surface area contributed by atoms with E-state index in [1.165, 1.54) is 22.3 Å². The van der Waals surface area contributed by atoms with E-state index in [4.69, 9.17) is 9.47 Å². The number of hydrogen-bond acceptors (Lipinski definition) is 8. The molecule has 8 rings (SSSR count). The maximum absolute atomic E-state index is 13.9. The average molecular weight is 1190 g/mol. The molecule has 0 saturated carbocycles. The normalized spacial score (nSPS) is 11.3. The Kier molecular flexibility index (Phi) is 23.5. The molecule has 2 N–H and O–H groups in total. The van der Waals surface area contributed by atoms with E-state index >= 15 is 0 Å². The van der Waals surface area contributed by atoms with Crippen LogP contribution in [0.3, 0.4) is 0 Å². The Balaban J connectivity index is 0.000000255.